The topological polar surface area (TPSA) is 29.3 Å². The molecule has 130 valence electrons. The summed E-state index contributed by atoms with van der Waals surface area (Å²) in [6.45, 7) is 4.73. The van der Waals surface area contributed by atoms with Gasteiger partial charge < -0.3 is 5.32 Å². The summed E-state index contributed by atoms with van der Waals surface area (Å²) in [7, 11) is 0. The molecule has 0 aliphatic rings. The Kier molecular flexibility index (Phi) is 4.17. The van der Waals surface area contributed by atoms with Crippen LogP contribution in [0.15, 0.2) is 66.7 Å². The molecule has 0 aliphatic carbocycles. The SMILES string of the molecule is Cc1cc(C)n2c(NCc3ccccc3)c(-c3ccccc3F)nc2c1. The van der Waals surface area contributed by atoms with E-state index in [4.69, 9.17) is 4.98 Å². The molecule has 0 atom stereocenters. The van der Waals surface area contributed by atoms with E-state index in [9.17, 15) is 4.39 Å². The Labute approximate surface area is 152 Å². The quantitative estimate of drug-likeness (QED) is 0.539. The Morgan fingerprint density at radius 3 is 2.46 bits per heavy atom. The normalized spacial score (nSPS) is 11.0. The monoisotopic (exact) mass is 345 g/mol. The van der Waals surface area contributed by atoms with Crippen molar-refractivity contribution >= 4 is 11.5 Å². The fourth-order valence-corrected chi connectivity index (χ4v) is 3.32. The summed E-state index contributed by atoms with van der Waals surface area (Å²) >= 11 is 0. The maximum atomic E-state index is 14.4. The van der Waals surface area contributed by atoms with Crippen LogP contribution in [-0.2, 0) is 6.54 Å². The van der Waals surface area contributed by atoms with Gasteiger partial charge in [0.25, 0.3) is 0 Å². The largest absolute Gasteiger partial charge is 0.365 e. The number of benzene rings is 2. The van der Waals surface area contributed by atoms with Crippen molar-refractivity contribution in [3.05, 3.63) is 89.4 Å². The first-order valence-electron chi connectivity index (χ1n) is 8.66. The molecule has 3 nitrogen and oxygen atoms in total. The van der Waals surface area contributed by atoms with Gasteiger partial charge in [-0.25, -0.2) is 9.37 Å². The van der Waals surface area contributed by atoms with Gasteiger partial charge in [-0.3, -0.25) is 4.40 Å². The molecule has 0 saturated heterocycles. The van der Waals surface area contributed by atoms with Crippen LogP contribution < -0.4 is 5.32 Å². The molecule has 0 aliphatic heterocycles. The van der Waals surface area contributed by atoms with Crippen molar-refractivity contribution in [2.45, 2.75) is 20.4 Å². The van der Waals surface area contributed by atoms with Crippen LogP contribution in [0.4, 0.5) is 10.2 Å². The van der Waals surface area contributed by atoms with Gasteiger partial charge in [-0.05, 0) is 49.2 Å². The molecule has 0 saturated carbocycles. The minimum Gasteiger partial charge on any atom is -0.365 e. The number of pyridine rings is 1. The molecule has 0 bridgehead atoms. The molecule has 2 aromatic heterocycles. The van der Waals surface area contributed by atoms with Gasteiger partial charge in [0.2, 0.25) is 0 Å². The number of hydrogen-bond acceptors (Lipinski definition) is 2. The van der Waals surface area contributed by atoms with E-state index in [0.717, 1.165) is 28.3 Å². The van der Waals surface area contributed by atoms with Gasteiger partial charge in [-0.2, -0.15) is 0 Å². The summed E-state index contributed by atoms with van der Waals surface area (Å²) in [4.78, 5) is 4.74. The summed E-state index contributed by atoms with van der Waals surface area (Å²) in [5, 5.41) is 3.47. The molecule has 4 heteroatoms. The fraction of sp³-hybridized carbons (Fsp3) is 0.136. The molecule has 0 fully saturated rings. The molecule has 0 radical (unpaired) electrons. The summed E-state index contributed by atoms with van der Waals surface area (Å²) in [5.41, 5.74) is 5.31. The molecule has 2 heterocycles. The van der Waals surface area contributed by atoms with Gasteiger partial charge in [0.15, 0.2) is 0 Å². The zero-order valence-electron chi connectivity index (χ0n) is 14.8. The van der Waals surface area contributed by atoms with Gasteiger partial charge in [0, 0.05) is 17.8 Å². The van der Waals surface area contributed by atoms with Crippen molar-refractivity contribution in [2.75, 3.05) is 5.32 Å². The van der Waals surface area contributed by atoms with Crippen molar-refractivity contribution in [3.8, 4) is 11.3 Å². The zero-order valence-corrected chi connectivity index (χ0v) is 14.8. The smallest absolute Gasteiger partial charge is 0.139 e. The number of nitrogens with zero attached hydrogens (tertiary/aromatic N) is 2. The molecule has 1 N–H and O–H groups in total. The number of nitrogens with one attached hydrogen (secondary N) is 1. The Morgan fingerprint density at radius 1 is 0.962 bits per heavy atom. The lowest BCUT2D eigenvalue weighted by Crippen LogP contribution is -2.05. The van der Waals surface area contributed by atoms with Crippen molar-refractivity contribution in [2.24, 2.45) is 0 Å². The molecule has 0 unspecified atom stereocenters. The molecule has 0 amide bonds. The maximum Gasteiger partial charge on any atom is 0.139 e. The number of hydrogen-bond donors (Lipinski definition) is 1. The zero-order chi connectivity index (χ0) is 18.1. The van der Waals surface area contributed by atoms with Crippen molar-refractivity contribution in [1.82, 2.24) is 9.38 Å². The van der Waals surface area contributed by atoms with E-state index in [-0.39, 0.29) is 5.82 Å². The second kappa shape index (κ2) is 6.64. The van der Waals surface area contributed by atoms with Crippen molar-refractivity contribution < 1.29 is 4.39 Å². The van der Waals surface area contributed by atoms with E-state index in [1.807, 2.05) is 44.2 Å². The summed E-state index contributed by atoms with van der Waals surface area (Å²) in [6.07, 6.45) is 0. The van der Waals surface area contributed by atoms with Crippen molar-refractivity contribution in [3.63, 3.8) is 0 Å². The van der Waals surface area contributed by atoms with Gasteiger partial charge in [0.1, 0.15) is 23.0 Å². The fourth-order valence-electron chi connectivity index (χ4n) is 3.32. The van der Waals surface area contributed by atoms with E-state index in [1.54, 1.807) is 12.1 Å². The highest BCUT2D eigenvalue weighted by Crippen LogP contribution is 2.32. The minimum atomic E-state index is -0.270. The minimum absolute atomic E-state index is 0.270. The third-order valence-corrected chi connectivity index (χ3v) is 4.48. The number of fused-ring (bicyclic) bond motifs is 1. The summed E-state index contributed by atoms with van der Waals surface area (Å²) in [5.74, 6) is 0.541. The van der Waals surface area contributed by atoms with E-state index >= 15 is 0 Å². The van der Waals surface area contributed by atoms with E-state index in [0.29, 0.717) is 17.8 Å². The van der Waals surface area contributed by atoms with Crippen molar-refractivity contribution in [1.29, 1.82) is 0 Å². The summed E-state index contributed by atoms with van der Waals surface area (Å²) in [6, 6.07) is 21.0. The summed E-state index contributed by atoms with van der Waals surface area (Å²) < 4.78 is 16.5. The molecule has 2 aromatic carbocycles. The Morgan fingerprint density at radius 2 is 1.69 bits per heavy atom. The van der Waals surface area contributed by atoms with E-state index < -0.39 is 0 Å². The van der Waals surface area contributed by atoms with Crippen LogP contribution >= 0.6 is 0 Å². The van der Waals surface area contributed by atoms with Crippen LogP contribution in [0.5, 0.6) is 0 Å². The first-order valence-corrected chi connectivity index (χ1v) is 8.66. The number of rotatable bonds is 4. The highest BCUT2D eigenvalue weighted by atomic mass is 19.1. The highest BCUT2D eigenvalue weighted by Gasteiger charge is 2.18. The predicted octanol–water partition coefficient (Wildman–Crippen LogP) is 5.37. The van der Waals surface area contributed by atoms with Crippen LogP contribution in [0.25, 0.3) is 16.9 Å². The second-order valence-corrected chi connectivity index (χ2v) is 6.50. The lowest BCUT2D eigenvalue weighted by atomic mass is 10.1. The number of anilines is 1. The van der Waals surface area contributed by atoms with Crippen LogP contribution in [0.1, 0.15) is 16.8 Å². The number of aromatic nitrogens is 2. The first kappa shape index (κ1) is 16.3. The molecular weight excluding hydrogens is 325 g/mol. The molecule has 4 rings (SSSR count). The molecular formula is C22H20FN3. The highest BCUT2D eigenvalue weighted by molar-refractivity contribution is 5.77. The Bertz CT molecular complexity index is 1070. The van der Waals surface area contributed by atoms with Crippen LogP contribution in [-0.4, -0.2) is 9.38 Å². The average Bonchev–Trinajstić information content (AvgIpc) is 2.99. The van der Waals surface area contributed by atoms with Gasteiger partial charge in [-0.1, -0.05) is 42.5 Å². The Hall–Kier alpha value is -3.14. The molecule has 0 spiro atoms. The van der Waals surface area contributed by atoms with Gasteiger partial charge in [-0.15, -0.1) is 0 Å². The van der Waals surface area contributed by atoms with Crippen LogP contribution in [0, 0.1) is 19.7 Å². The third kappa shape index (κ3) is 2.94. The number of imidazole rings is 1. The first-order chi connectivity index (χ1) is 12.6. The third-order valence-electron chi connectivity index (χ3n) is 4.48. The van der Waals surface area contributed by atoms with Crippen LogP contribution in [0.3, 0.4) is 0 Å². The lowest BCUT2D eigenvalue weighted by molar-refractivity contribution is 0.631. The average molecular weight is 345 g/mol. The predicted molar refractivity (Wildman–Crippen MR) is 104 cm³/mol. The van der Waals surface area contributed by atoms with Gasteiger partial charge in [0.05, 0.1) is 0 Å². The molecule has 26 heavy (non-hydrogen) atoms. The van der Waals surface area contributed by atoms with Gasteiger partial charge >= 0.3 is 0 Å². The maximum absolute atomic E-state index is 14.4. The second-order valence-electron chi connectivity index (χ2n) is 6.50. The van der Waals surface area contributed by atoms with Crippen LogP contribution in [0.2, 0.25) is 0 Å². The standard InChI is InChI=1S/C22H20FN3/c1-15-12-16(2)26-20(13-15)25-21(18-10-6-7-11-19(18)23)22(26)24-14-17-8-4-3-5-9-17/h3-13,24H,14H2,1-2H3. The van der Waals surface area contributed by atoms with E-state index in [1.165, 1.54) is 6.07 Å². The lowest BCUT2D eigenvalue weighted by Gasteiger charge is -2.11. The number of aryl methyl sites for hydroxylation is 2. The van der Waals surface area contributed by atoms with E-state index in [2.05, 4.69) is 27.9 Å². The number of halogens is 1. The Balaban J connectivity index is 1.87. The molecule has 4 aromatic rings.